The van der Waals surface area contributed by atoms with Gasteiger partial charge in [0.2, 0.25) is 0 Å². The number of hydrogen-bond donors (Lipinski definition) is 0. The van der Waals surface area contributed by atoms with Gasteiger partial charge in [0.25, 0.3) is 0 Å². The summed E-state index contributed by atoms with van der Waals surface area (Å²) >= 11 is 0. The number of epoxide rings is 1. The topological polar surface area (TPSA) is 65.1 Å². The molecule has 1 heterocycles. The minimum atomic E-state index is -0.559. The molecule has 5 nitrogen and oxygen atoms in total. The van der Waals surface area contributed by atoms with Crippen LogP contribution in [0.25, 0.3) is 0 Å². The molecule has 1 aliphatic carbocycles. The van der Waals surface area contributed by atoms with Gasteiger partial charge in [0.1, 0.15) is 13.2 Å². The van der Waals surface area contributed by atoms with Crippen LogP contribution in [0.4, 0.5) is 0 Å². The van der Waals surface area contributed by atoms with Gasteiger partial charge >= 0.3 is 11.9 Å². The van der Waals surface area contributed by atoms with E-state index in [0.717, 1.165) is 6.42 Å². The number of carbonyl (C=O) groups is 2. The molecule has 104 valence electrons. The Hall–Kier alpha value is -1.62. The van der Waals surface area contributed by atoms with Crippen molar-refractivity contribution in [3.8, 4) is 0 Å². The van der Waals surface area contributed by atoms with Crippen molar-refractivity contribution < 1.29 is 23.8 Å². The van der Waals surface area contributed by atoms with E-state index >= 15 is 0 Å². The van der Waals surface area contributed by atoms with Gasteiger partial charge in [-0.05, 0) is 12.8 Å². The highest BCUT2D eigenvalue weighted by atomic mass is 16.6. The quantitative estimate of drug-likeness (QED) is 0.411. The van der Waals surface area contributed by atoms with Crippen molar-refractivity contribution in [3.63, 3.8) is 0 Å². The van der Waals surface area contributed by atoms with E-state index in [0.29, 0.717) is 6.42 Å². The molecule has 2 fully saturated rings. The van der Waals surface area contributed by atoms with Gasteiger partial charge in [-0.3, -0.25) is 9.59 Å². The average Bonchev–Trinajstić information content (AvgIpc) is 3.20. The number of rotatable bonds is 6. The van der Waals surface area contributed by atoms with E-state index in [1.165, 1.54) is 12.2 Å². The van der Waals surface area contributed by atoms with Crippen molar-refractivity contribution >= 4 is 11.9 Å². The first-order valence-electron chi connectivity index (χ1n) is 6.39. The molecule has 1 aliphatic heterocycles. The first kappa shape index (κ1) is 13.8. The Bertz CT molecular complexity index is 389. The highest BCUT2D eigenvalue weighted by molar-refractivity contribution is 5.83. The molecule has 4 atom stereocenters. The van der Waals surface area contributed by atoms with E-state index in [9.17, 15) is 9.59 Å². The summed E-state index contributed by atoms with van der Waals surface area (Å²) in [6, 6.07) is 0. The van der Waals surface area contributed by atoms with Gasteiger partial charge in [-0.25, -0.2) is 0 Å². The van der Waals surface area contributed by atoms with Crippen molar-refractivity contribution in [1.29, 1.82) is 0 Å². The Kier molecular flexibility index (Phi) is 4.37. The molecule has 0 amide bonds. The molecular formula is C14H18O5. The lowest BCUT2D eigenvalue weighted by Crippen LogP contribution is -2.39. The van der Waals surface area contributed by atoms with Gasteiger partial charge in [-0.15, -0.1) is 0 Å². The molecule has 2 aliphatic rings. The molecule has 0 aromatic heterocycles. The molecule has 1 saturated carbocycles. The fourth-order valence-corrected chi connectivity index (χ4v) is 2.51. The van der Waals surface area contributed by atoms with Crippen molar-refractivity contribution in [2.24, 2.45) is 11.8 Å². The van der Waals surface area contributed by atoms with Gasteiger partial charge in [0.05, 0.1) is 24.0 Å². The van der Waals surface area contributed by atoms with Gasteiger partial charge < -0.3 is 14.2 Å². The summed E-state index contributed by atoms with van der Waals surface area (Å²) in [6.07, 6.45) is 4.26. The lowest BCUT2D eigenvalue weighted by Gasteiger charge is -2.25. The van der Waals surface area contributed by atoms with Gasteiger partial charge in [-0.1, -0.05) is 25.3 Å². The monoisotopic (exact) mass is 266 g/mol. The zero-order valence-corrected chi connectivity index (χ0v) is 10.7. The largest absolute Gasteiger partial charge is 0.461 e. The van der Waals surface area contributed by atoms with E-state index in [1.807, 2.05) is 0 Å². The number of hydrogen-bond acceptors (Lipinski definition) is 5. The van der Waals surface area contributed by atoms with Crippen molar-refractivity contribution in [3.05, 3.63) is 25.3 Å². The zero-order chi connectivity index (χ0) is 13.8. The maximum absolute atomic E-state index is 12.0. The lowest BCUT2D eigenvalue weighted by atomic mass is 9.79. The molecular weight excluding hydrogens is 248 g/mol. The van der Waals surface area contributed by atoms with E-state index < -0.39 is 17.8 Å². The summed E-state index contributed by atoms with van der Waals surface area (Å²) in [4.78, 5) is 24.0. The molecule has 5 heteroatoms. The second-order valence-electron chi connectivity index (χ2n) is 4.69. The Morgan fingerprint density at radius 1 is 1.11 bits per heavy atom. The fraction of sp³-hybridized carbons (Fsp3) is 0.571. The normalized spacial score (nSPS) is 31.8. The van der Waals surface area contributed by atoms with Gasteiger partial charge in [0, 0.05) is 0 Å². The molecule has 0 radical (unpaired) electrons. The summed E-state index contributed by atoms with van der Waals surface area (Å²) < 4.78 is 15.5. The third kappa shape index (κ3) is 3.04. The van der Waals surface area contributed by atoms with E-state index in [1.54, 1.807) is 0 Å². The average molecular weight is 266 g/mol. The standard InChI is InChI=1S/C14H18O5/c1-3-7-17-13(15)9-5-6-10-12(19-10)11(9)14(16)18-8-4-2/h3-4,9-12H,1-2,5-8H2. The maximum Gasteiger partial charge on any atom is 0.312 e. The predicted octanol–water partition coefficient (Wildman–Crippen LogP) is 1.24. The lowest BCUT2D eigenvalue weighted by molar-refractivity contribution is -0.161. The highest BCUT2D eigenvalue weighted by Crippen LogP contribution is 2.44. The van der Waals surface area contributed by atoms with Crippen LogP contribution in [0.1, 0.15) is 12.8 Å². The minimum absolute atomic E-state index is 0.0877. The second kappa shape index (κ2) is 6.02. The highest BCUT2D eigenvalue weighted by Gasteiger charge is 2.57. The van der Waals surface area contributed by atoms with E-state index in [2.05, 4.69) is 13.2 Å². The predicted molar refractivity (Wildman–Crippen MR) is 67.2 cm³/mol. The Morgan fingerprint density at radius 3 is 2.37 bits per heavy atom. The van der Waals surface area contributed by atoms with E-state index in [-0.39, 0.29) is 31.4 Å². The van der Waals surface area contributed by atoms with Crippen LogP contribution in [0, 0.1) is 11.8 Å². The molecule has 0 N–H and O–H groups in total. The number of fused-ring (bicyclic) bond motifs is 1. The molecule has 0 aromatic carbocycles. The number of ether oxygens (including phenoxy) is 3. The molecule has 1 saturated heterocycles. The summed E-state index contributed by atoms with van der Waals surface area (Å²) in [5.74, 6) is -1.83. The van der Waals surface area contributed by atoms with Crippen LogP contribution < -0.4 is 0 Å². The zero-order valence-electron chi connectivity index (χ0n) is 10.7. The summed E-state index contributed by atoms with van der Waals surface area (Å²) in [5, 5.41) is 0. The third-order valence-corrected chi connectivity index (χ3v) is 3.43. The van der Waals surface area contributed by atoms with Crippen LogP contribution in [-0.2, 0) is 23.8 Å². The van der Waals surface area contributed by atoms with Crippen molar-refractivity contribution in [2.75, 3.05) is 13.2 Å². The molecule has 0 aromatic rings. The van der Waals surface area contributed by atoms with Crippen LogP contribution >= 0.6 is 0 Å². The van der Waals surface area contributed by atoms with Crippen molar-refractivity contribution in [1.82, 2.24) is 0 Å². The van der Waals surface area contributed by atoms with Crippen LogP contribution in [0.5, 0.6) is 0 Å². The third-order valence-electron chi connectivity index (χ3n) is 3.43. The molecule has 19 heavy (non-hydrogen) atoms. The van der Waals surface area contributed by atoms with Gasteiger partial charge in [-0.2, -0.15) is 0 Å². The first-order valence-corrected chi connectivity index (χ1v) is 6.39. The Balaban J connectivity index is 2.02. The molecule has 0 bridgehead atoms. The molecule has 2 rings (SSSR count). The van der Waals surface area contributed by atoms with Crippen LogP contribution in [0.15, 0.2) is 25.3 Å². The fourth-order valence-electron chi connectivity index (χ4n) is 2.51. The summed E-state index contributed by atoms with van der Waals surface area (Å²) in [6.45, 7) is 7.27. The molecule has 0 spiro atoms. The second-order valence-corrected chi connectivity index (χ2v) is 4.69. The smallest absolute Gasteiger partial charge is 0.312 e. The molecule has 4 unspecified atom stereocenters. The Morgan fingerprint density at radius 2 is 1.74 bits per heavy atom. The summed E-state index contributed by atoms with van der Waals surface area (Å²) in [7, 11) is 0. The number of carbonyl (C=O) groups excluding carboxylic acids is 2. The van der Waals surface area contributed by atoms with Gasteiger partial charge in [0.15, 0.2) is 0 Å². The first-order chi connectivity index (χ1) is 9.19. The maximum atomic E-state index is 12.0. The SMILES string of the molecule is C=CCOC(=O)C1CCC2OC2C1C(=O)OCC=C. The van der Waals surface area contributed by atoms with E-state index in [4.69, 9.17) is 14.2 Å². The van der Waals surface area contributed by atoms with Crippen LogP contribution in [0.3, 0.4) is 0 Å². The van der Waals surface area contributed by atoms with Crippen LogP contribution in [0.2, 0.25) is 0 Å². The number of esters is 2. The van der Waals surface area contributed by atoms with Crippen molar-refractivity contribution in [2.45, 2.75) is 25.0 Å². The minimum Gasteiger partial charge on any atom is -0.461 e. The Labute approximate surface area is 112 Å². The summed E-state index contributed by atoms with van der Waals surface area (Å²) in [5.41, 5.74) is 0. The van der Waals surface area contributed by atoms with Crippen LogP contribution in [-0.4, -0.2) is 37.4 Å².